The number of hydrogen-bond donors (Lipinski definition) is 3. The fraction of sp³-hybridized carbons (Fsp3) is 0.600. The second kappa shape index (κ2) is 6.83. The molecular formula is C15H23N3O4. The molecule has 1 aliphatic heterocycles. The fourth-order valence-corrected chi connectivity index (χ4v) is 2.70. The number of likely N-dealkylation sites (tertiary alicyclic amines) is 1. The Morgan fingerprint density at radius 1 is 1.41 bits per heavy atom. The van der Waals surface area contributed by atoms with Crippen molar-refractivity contribution in [3.05, 3.63) is 23.2 Å². The third kappa shape index (κ3) is 3.59. The highest BCUT2D eigenvalue weighted by atomic mass is 16.3. The van der Waals surface area contributed by atoms with Crippen molar-refractivity contribution in [2.24, 2.45) is 5.92 Å². The Morgan fingerprint density at radius 3 is 2.73 bits per heavy atom. The van der Waals surface area contributed by atoms with Gasteiger partial charge in [0, 0.05) is 44.6 Å². The Morgan fingerprint density at radius 2 is 2.14 bits per heavy atom. The van der Waals surface area contributed by atoms with E-state index in [-0.39, 0.29) is 30.8 Å². The van der Waals surface area contributed by atoms with E-state index in [1.807, 2.05) is 13.8 Å². The number of rotatable bonds is 4. The number of β-amino-alcohol motifs (C(OH)–C–C–N with tert-alkyl or cyclic N) is 1. The van der Waals surface area contributed by atoms with Gasteiger partial charge in [-0.05, 0) is 19.4 Å². The molecule has 1 saturated heterocycles. The Hall–Kier alpha value is -2.02. The summed E-state index contributed by atoms with van der Waals surface area (Å²) >= 11 is 0. The van der Waals surface area contributed by atoms with Gasteiger partial charge in [-0.2, -0.15) is 0 Å². The first-order valence-corrected chi connectivity index (χ1v) is 7.37. The van der Waals surface area contributed by atoms with Crippen LogP contribution in [0, 0.1) is 19.8 Å². The molecule has 1 aromatic heterocycles. The normalized spacial score (nSPS) is 21.0. The number of aryl methyl sites for hydroxylation is 2. The maximum absolute atomic E-state index is 12.2. The zero-order valence-corrected chi connectivity index (χ0v) is 13.2. The van der Waals surface area contributed by atoms with Crippen molar-refractivity contribution in [2.45, 2.75) is 32.9 Å². The number of carbonyl (C=O) groups is 2. The average Bonchev–Trinajstić information content (AvgIpc) is 3.00. The monoisotopic (exact) mass is 309 g/mol. The Bertz CT molecular complexity index is 535. The summed E-state index contributed by atoms with van der Waals surface area (Å²) in [5, 5.41) is 15.3. The van der Waals surface area contributed by atoms with Gasteiger partial charge in [0.1, 0.15) is 5.76 Å². The molecule has 0 aromatic carbocycles. The number of nitrogens with zero attached hydrogens (tertiary/aromatic N) is 1. The predicted molar refractivity (Wildman–Crippen MR) is 80.2 cm³/mol. The molecule has 7 heteroatoms. The summed E-state index contributed by atoms with van der Waals surface area (Å²) < 4.78 is 5.29. The van der Waals surface area contributed by atoms with Gasteiger partial charge in [0.05, 0.1) is 12.4 Å². The van der Waals surface area contributed by atoms with Crippen molar-refractivity contribution < 1.29 is 19.1 Å². The molecule has 0 spiro atoms. The van der Waals surface area contributed by atoms with Crippen LogP contribution in [0.2, 0.25) is 0 Å². The van der Waals surface area contributed by atoms with E-state index in [0.717, 1.165) is 16.9 Å². The molecule has 1 aromatic rings. The van der Waals surface area contributed by atoms with Crippen molar-refractivity contribution in [3.8, 4) is 0 Å². The van der Waals surface area contributed by atoms with E-state index in [1.165, 1.54) is 0 Å². The lowest BCUT2D eigenvalue weighted by Gasteiger charge is -2.17. The van der Waals surface area contributed by atoms with E-state index in [9.17, 15) is 14.7 Å². The first-order chi connectivity index (χ1) is 10.4. The van der Waals surface area contributed by atoms with Crippen LogP contribution in [0.15, 0.2) is 10.7 Å². The molecule has 2 heterocycles. The van der Waals surface area contributed by atoms with Gasteiger partial charge in [0.2, 0.25) is 5.91 Å². The van der Waals surface area contributed by atoms with Gasteiger partial charge in [0.25, 0.3) is 0 Å². The van der Waals surface area contributed by atoms with Gasteiger partial charge in [-0.3, -0.25) is 4.79 Å². The van der Waals surface area contributed by atoms with E-state index in [1.54, 1.807) is 18.2 Å². The molecule has 22 heavy (non-hydrogen) atoms. The topological polar surface area (TPSA) is 94.8 Å². The Balaban J connectivity index is 1.87. The highest BCUT2D eigenvalue weighted by molar-refractivity contribution is 5.77. The minimum atomic E-state index is -0.666. The third-order valence-electron chi connectivity index (χ3n) is 4.15. The molecule has 0 aliphatic carbocycles. The second-order valence-electron chi connectivity index (χ2n) is 5.72. The maximum Gasteiger partial charge on any atom is 0.317 e. The largest absolute Gasteiger partial charge is 0.469 e. The molecule has 2 rings (SSSR count). The smallest absolute Gasteiger partial charge is 0.317 e. The number of hydrogen-bond acceptors (Lipinski definition) is 4. The number of aliphatic hydroxyl groups excluding tert-OH is 1. The average molecular weight is 309 g/mol. The van der Waals surface area contributed by atoms with Gasteiger partial charge >= 0.3 is 6.03 Å². The predicted octanol–water partition coefficient (Wildman–Crippen LogP) is 0.535. The maximum atomic E-state index is 12.2. The van der Waals surface area contributed by atoms with Crippen LogP contribution in [0.3, 0.4) is 0 Å². The lowest BCUT2D eigenvalue weighted by atomic mass is 10.0. The highest BCUT2D eigenvalue weighted by Gasteiger charge is 2.35. The number of carbonyl (C=O) groups excluding carboxylic acids is 2. The zero-order chi connectivity index (χ0) is 16.3. The second-order valence-corrected chi connectivity index (χ2v) is 5.72. The first kappa shape index (κ1) is 16.4. The van der Waals surface area contributed by atoms with Gasteiger partial charge < -0.3 is 25.1 Å². The SMILES string of the molecule is CNC(=O)C[C@@H]1CN(C(=O)NCc2c(C)coc2C)C[C@H]1O. The number of urea groups is 1. The summed E-state index contributed by atoms with van der Waals surface area (Å²) in [6.45, 7) is 4.80. The number of nitrogens with one attached hydrogen (secondary N) is 2. The minimum absolute atomic E-state index is 0.129. The Kier molecular flexibility index (Phi) is 5.07. The Labute approximate surface area is 129 Å². The molecule has 3 amide bonds. The number of aliphatic hydroxyl groups is 1. The molecule has 122 valence electrons. The summed E-state index contributed by atoms with van der Waals surface area (Å²) in [5.41, 5.74) is 1.96. The highest BCUT2D eigenvalue weighted by Crippen LogP contribution is 2.21. The van der Waals surface area contributed by atoms with Gasteiger partial charge in [-0.15, -0.1) is 0 Å². The zero-order valence-electron chi connectivity index (χ0n) is 13.2. The van der Waals surface area contributed by atoms with Crippen molar-refractivity contribution in [2.75, 3.05) is 20.1 Å². The van der Waals surface area contributed by atoms with Crippen LogP contribution in [0.4, 0.5) is 4.79 Å². The summed E-state index contributed by atoms with van der Waals surface area (Å²) in [5.74, 6) is 0.441. The molecule has 7 nitrogen and oxygen atoms in total. The van der Waals surface area contributed by atoms with Crippen LogP contribution in [0.5, 0.6) is 0 Å². The van der Waals surface area contributed by atoms with Crippen molar-refractivity contribution >= 4 is 11.9 Å². The summed E-state index contributed by atoms with van der Waals surface area (Å²) in [6.07, 6.45) is 1.22. The van der Waals surface area contributed by atoms with Crippen LogP contribution in [0.25, 0.3) is 0 Å². The van der Waals surface area contributed by atoms with E-state index in [0.29, 0.717) is 13.1 Å². The van der Waals surface area contributed by atoms with E-state index < -0.39 is 6.10 Å². The summed E-state index contributed by atoms with van der Waals surface area (Å²) in [7, 11) is 1.56. The quantitative estimate of drug-likeness (QED) is 0.756. The molecule has 0 saturated carbocycles. The van der Waals surface area contributed by atoms with E-state index >= 15 is 0 Å². The molecular weight excluding hydrogens is 286 g/mol. The summed E-state index contributed by atoms with van der Waals surface area (Å²) in [6, 6.07) is -0.238. The lowest BCUT2D eigenvalue weighted by Crippen LogP contribution is -2.38. The van der Waals surface area contributed by atoms with Crippen LogP contribution >= 0.6 is 0 Å². The molecule has 3 N–H and O–H groups in total. The van der Waals surface area contributed by atoms with Gasteiger partial charge in [0.15, 0.2) is 0 Å². The fourth-order valence-electron chi connectivity index (χ4n) is 2.70. The third-order valence-corrected chi connectivity index (χ3v) is 4.15. The molecule has 2 atom stereocenters. The lowest BCUT2D eigenvalue weighted by molar-refractivity contribution is -0.122. The number of amides is 3. The standard InChI is InChI=1S/C15H23N3O4/c1-9-8-22-10(2)12(9)5-17-15(21)18-6-11(13(19)7-18)4-14(20)16-3/h8,11,13,19H,4-7H2,1-3H3,(H,16,20)(H,17,21)/t11-,13-/m1/s1. The van der Waals surface area contributed by atoms with Crippen LogP contribution in [0.1, 0.15) is 23.3 Å². The molecule has 1 aliphatic rings. The molecule has 0 unspecified atom stereocenters. The van der Waals surface area contributed by atoms with Crippen molar-refractivity contribution in [1.82, 2.24) is 15.5 Å². The molecule has 0 bridgehead atoms. The summed E-state index contributed by atoms with van der Waals surface area (Å²) in [4.78, 5) is 25.1. The van der Waals surface area contributed by atoms with Crippen LogP contribution in [-0.2, 0) is 11.3 Å². The molecule has 1 fully saturated rings. The van der Waals surface area contributed by atoms with E-state index in [4.69, 9.17) is 4.42 Å². The minimum Gasteiger partial charge on any atom is -0.469 e. The van der Waals surface area contributed by atoms with Crippen LogP contribution < -0.4 is 10.6 Å². The van der Waals surface area contributed by atoms with E-state index in [2.05, 4.69) is 10.6 Å². The molecule has 0 radical (unpaired) electrons. The van der Waals surface area contributed by atoms with Crippen LogP contribution in [-0.4, -0.2) is 48.2 Å². The first-order valence-electron chi connectivity index (χ1n) is 7.37. The van der Waals surface area contributed by atoms with Crippen molar-refractivity contribution in [1.29, 1.82) is 0 Å². The van der Waals surface area contributed by atoms with Gasteiger partial charge in [-0.1, -0.05) is 0 Å². The number of furan rings is 1. The van der Waals surface area contributed by atoms with Gasteiger partial charge in [-0.25, -0.2) is 4.79 Å². The van der Waals surface area contributed by atoms with Crippen molar-refractivity contribution in [3.63, 3.8) is 0 Å².